The molecule has 0 bridgehead atoms. The van der Waals surface area contributed by atoms with Gasteiger partial charge in [0.05, 0.1) is 12.3 Å². The van der Waals surface area contributed by atoms with E-state index in [1.807, 2.05) is 17.6 Å². The van der Waals surface area contributed by atoms with Gasteiger partial charge in [-0.2, -0.15) is 0 Å². The molecule has 2 N–H and O–H groups in total. The summed E-state index contributed by atoms with van der Waals surface area (Å²) in [5.74, 6) is 0.251. The third-order valence-corrected chi connectivity index (χ3v) is 7.64. The molecule has 0 saturated heterocycles. The highest BCUT2D eigenvalue weighted by Crippen LogP contribution is 2.44. The van der Waals surface area contributed by atoms with Crippen molar-refractivity contribution in [2.24, 2.45) is 0 Å². The second-order valence-electron chi connectivity index (χ2n) is 10.0. The van der Waals surface area contributed by atoms with E-state index in [1.54, 1.807) is 6.07 Å². The Balaban J connectivity index is 1.45. The number of aromatic nitrogens is 2. The van der Waals surface area contributed by atoms with Gasteiger partial charge in [-0.1, -0.05) is 19.6 Å². The molecule has 0 spiro atoms. The van der Waals surface area contributed by atoms with E-state index in [4.69, 9.17) is 14.6 Å². The van der Waals surface area contributed by atoms with Crippen LogP contribution in [-0.2, 0) is 17.9 Å². The third-order valence-electron chi connectivity index (χ3n) is 5.94. The average Bonchev–Trinajstić information content (AvgIpc) is 3.54. The van der Waals surface area contributed by atoms with E-state index < -0.39 is 20.0 Å². The van der Waals surface area contributed by atoms with Crippen LogP contribution >= 0.6 is 0 Å². The molecule has 1 saturated carbocycles. The van der Waals surface area contributed by atoms with E-state index in [-0.39, 0.29) is 5.69 Å². The number of nitrogens with zero attached hydrogens (tertiary/aromatic N) is 2. The predicted molar refractivity (Wildman–Crippen MR) is 133 cm³/mol. The molecule has 1 aromatic carbocycles. The molecule has 0 atom stereocenters. The maximum atomic E-state index is 14.1. The van der Waals surface area contributed by atoms with Crippen molar-refractivity contribution in [3.63, 3.8) is 0 Å². The minimum atomic E-state index is -1.31. The van der Waals surface area contributed by atoms with Crippen LogP contribution in [0.15, 0.2) is 36.7 Å². The fraction of sp³-hybridized carbons (Fsp3) is 0.440. The van der Waals surface area contributed by atoms with Crippen LogP contribution in [0.2, 0.25) is 25.7 Å². The third kappa shape index (κ3) is 6.15. The van der Waals surface area contributed by atoms with Crippen LogP contribution in [0.3, 0.4) is 0 Å². The number of hydrogen-bond acceptors (Lipinski definition) is 4. The quantitative estimate of drug-likeness (QED) is 0.254. The van der Waals surface area contributed by atoms with Crippen LogP contribution in [0.4, 0.5) is 14.9 Å². The van der Waals surface area contributed by atoms with Crippen molar-refractivity contribution in [2.75, 3.05) is 18.5 Å². The molecule has 182 valence electrons. The van der Waals surface area contributed by atoms with Gasteiger partial charge in [-0.05, 0) is 54.1 Å². The fourth-order valence-corrected chi connectivity index (χ4v) is 4.70. The van der Waals surface area contributed by atoms with Gasteiger partial charge in [0.15, 0.2) is 5.82 Å². The Morgan fingerprint density at radius 1 is 1.26 bits per heavy atom. The monoisotopic (exact) mass is 485 g/mol. The van der Waals surface area contributed by atoms with Crippen molar-refractivity contribution < 1.29 is 23.8 Å². The molecule has 1 fully saturated rings. The summed E-state index contributed by atoms with van der Waals surface area (Å²) in [7, 11) is -1.13. The molecule has 9 heteroatoms. The van der Waals surface area contributed by atoms with Gasteiger partial charge in [0, 0.05) is 44.9 Å². The number of amides is 1. The minimum Gasteiger partial charge on any atom is -0.493 e. The van der Waals surface area contributed by atoms with E-state index in [1.165, 1.54) is 35.9 Å². The lowest BCUT2D eigenvalue weighted by Crippen LogP contribution is -2.22. The Morgan fingerprint density at radius 3 is 2.74 bits per heavy atom. The van der Waals surface area contributed by atoms with E-state index in [9.17, 15) is 9.18 Å². The second kappa shape index (κ2) is 10.1. The van der Waals surface area contributed by atoms with Crippen LogP contribution < -0.4 is 10.1 Å². The van der Waals surface area contributed by atoms with Crippen molar-refractivity contribution in [1.82, 2.24) is 9.55 Å². The summed E-state index contributed by atoms with van der Waals surface area (Å²) in [5.41, 5.74) is 3.31. The van der Waals surface area contributed by atoms with E-state index in [2.05, 4.69) is 35.4 Å². The second-order valence-corrected chi connectivity index (χ2v) is 15.6. The van der Waals surface area contributed by atoms with Crippen LogP contribution in [0, 0.1) is 5.82 Å². The maximum absolute atomic E-state index is 14.1. The highest BCUT2D eigenvalue weighted by molar-refractivity contribution is 6.76. The zero-order valence-electron chi connectivity index (χ0n) is 19.9. The minimum absolute atomic E-state index is 0.0989. The topological polar surface area (TPSA) is 85.6 Å². The summed E-state index contributed by atoms with van der Waals surface area (Å²) < 4.78 is 28.0. The zero-order valence-corrected chi connectivity index (χ0v) is 20.9. The highest BCUT2D eigenvalue weighted by atomic mass is 28.3. The standard InChI is InChI=1S/C25H32FN3O4Si/c1-34(2,3)13-12-32-16-29-15-20(17-4-5-17)23-18(8-10-27-24(23)29)9-11-33-19-6-7-22(21(26)14-19)28-25(30)31/h6-8,10,14-15,17,28H,4-5,9,11-13,16H2,1-3H3,(H,30,31). The van der Waals surface area contributed by atoms with Gasteiger partial charge in [0.1, 0.15) is 18.1 Å². The van der Waals surface area contributed by atoms with Gasteiger partial charge in [0.2, 0.25) is 0 Å². The van der Waals surface area contributed by atoms with Crippen LogP contribution in [0.5, 0.6) is 5.75 Å². The summed E-state index contributed by atoms with van der Waals surface area (Å²) >= 11 is 0. The lowest BCUT2D eigenvalue weighted by Gasteiger charge is -2.15. The highest BCUT2D eigenvalue weighted by Gasteiger charge is 2.29. The first-order valence-electron chi connectivity index (χ1n) is 11.7. The normalized spacial score (nSPS) is 13.9. The van der Waals surface area contributed by atoms with Gasteiger partial charge in [-0.15, -0.1) is 0 Å². The van der Waals surface area contributed by atoms with Crippen molar-refractivity contribution in [3.8, 4) is 5.75 Å². The number of nitrogens with one attached hydrogen (secondary N) is 1. The number of hydrogen-bond donors (Lipinski definition) is 2. The molecule has 1 amide bonds. The maximum Gasteiger partial charge on any atom is 0.409 e. The van der Waals surface area contributed by atoms with Crippen molar-refractivity contribution in [3.05, 3.63) is 53.6 Å². The number of rotatable bonds is 11. The average molecular weight is 486 g/mol. The predicted octanol–water partition coefficient (Wildman–Crippen LogP) is 6.08. The largest absolute Gasteiger partial charge is 0.493 e. The molecule has 3 aromatic rings. The Bertz CT molecular complexity index is 1170. The van der Waals surface area contributed by atoms with Gasteiger partial charge in [-0.3, -0.25) is 5.32 Å². The first-order chi connectivity index (χ1) is 16.2. The Kier molecular flexibility index (Phi) is 7.23. The molecular weight excluding hydrogens is 453 g/mol. The first-order valence-corrected chi connectivity index (χ1v) is 15.4. The van der Waals surface area contributed by atoms with Gasteiger partial charge in [-0.25, -0.2) is 14.2 Å². The molecule has 1 aliphatic rings. The number of halogens is 1. The molecule has 2 heterocycles. The summed E-state index contributed by atoms with van der Waals surface area (Å²) in [5, 5.41) is 11.9. The fourth-order valence-electron chi connectivity index (χ4n) is 3.95. The lowest BCUT2D eigenvalue weighted by atomic mass is 10.0. The molecule has 0 aliphatic heterocycles. The van der Waals surface area contributed by atoms with Crippen LogP contribution in [-0.4, -0.2) is 42.0 Å². The van der Waals surface area contributed by atoms with E-state index >= 15 is 0 Å². The molecule has 2 aromatic heterocycles. The smallest absolute Gasteiger partial charge is 0.409 e. The number of benzene rings is 1. The molecule has 1 aliphatic carbocycles. The zero-order chi connectivity index (χ0) is 24.3. The van der Waals surface area contributed by atoms with Crippen molar-refractivity contribution >= 4 is 30.9 Å². The first kappa shape index (κ1) is 24.2. The Hall–Kier alpha value is -2.91. The number of fused-ring (bicyclic) bond motifs is 1. The van der Waals surface area contributed by atoms with Gasteiger partial charge >= 0.3 is 6.09 Å². The number of carbonyl (C=O) groups is 1. The SMILES string of the molecule is C[Si](C)(C)CCOCn1cc(C2CC2)c2c(CCOc3ccc(NC(=O)O)c(F)c3)ccnc21. The van der Waals surface area contributed by atoms with Gasteiger partial charge < -0.3 is 19.1 Å². The summed E-state index contributed by atoms with van der Waals surface area (Å²) in [4.78, 5) is 15.4. The molecule has 7 nitrogen and oxygen atoms in total. The van der Waals surface area contributed by atoms with Crippen LogP contribution in [0.1, 0.15) is 29.9 Å². The van der Waals surface area contributed by atoms with E-state index in [0.717, 1.165) is 23.9 Å². The summed E-state index contributed by atoms with van der Waals surface area (Å²) in [6.07, 6.45) is 5.73. The molecule has 4 rings (SSSR count). The van der Waals surface area contributed by atoms with Crippen molar-refractivity contribution in [1.29, 1.82) is 0 Å². The Morgan fingerprint density at radius 2 is 2.06 bits per heavy atom. The van der Waals surface area contributed by atoms with Crippen LogP contribution in [0.25, 0.3) is 11.0 Å². The Labute approximate surface area is 199 Å². The summed E-state index contributed by atoms with van der Waals surface area (Å²) in [6.45, 7) is 8.66. The number of ether oxygens (including phenoxy) is 2. The molecule has 0 unspecified atom stereocenters. The number of anilines is 1. The van der Waals surface area contributed by atoms with E-state index in [0.29, 0.717) is 31.4 Å². The van der Waals surface area contributed by atoms with Gasteiger partial charge in [0.25, 0.3) is 0 Å². The number of carboxylic acid groups (broad SMARTS) is 1. The molecule has 34 heavy (non-hydrogen) atoms. The molecule has 0 radical (unpaired) electrons. The summed E-state index contributed by atoms with van der Waals surface area (Å²) in [6, 6.07) is 7.26. The lowest BCUT2D eigenvalue weighted by molar-refractivity contribution is 0.0898. The van der Waals surface area contributed by atoms with Crippen molar-refractivity contribution in [2.45, 2.75) is 57.6 Å². The molecular formula is C25H32FN3O4Si. The number of pyridine rings is 1.